The summed E-state index contributed by atoms with van der Waals surface area (Å²) in [6.45, 7) is 3.05. The summed E-state index contributed by atoms with van der Waals surface area (Å²) in [7, 11) is 1.64. The number of para-hydroxylation sites is 1. The summed E-state index contributed by atoms with van der Waals surface area (Å²) in [4.78, 5) is 13.0. The Hall–Kier alpha value is -3.31. The summed E-state index contributed by atoms with van der Waals surface area (Å²) in [5, 5.41) is 7.52. The van der Waals surface area contributed by atoms with E-state index in [4.69, 9.17) is 4.74 Å². The van der Waals surface area contributed by atoms with Crippen LogP contribution in [0.15, 0.2) is 77.3 Å². The van der Waals surface area contributed by atoms with Gasteiger partial charge in [0.05, 0.1) is 13.5 Å². The number of methoxy groups -OCH3 is 1. The van der Waals surface area contributed by atoms with E-state index >= 15 is 0 Å². The van der Waals surface area contributed by atoms with Crippen LogP contribution in [-0.4, -0.2) is 17.6 Å². The first-order valence-corrected chi connectivity index (χ1v) is 11.4. The SMILES string of the molecule is CCn1c2ccccc2c2cc(NC(=O)Cc3c(OC)ccc4cc(Br)ccc34)ccc21. The summed E-state index contributed by atoms with van der Waals surface area (Å²) in [6.07, 6.45) is 0.233. The second-order valence-electron chi connectivity index (χ2n) is 7.83. The lowest BCUT2D eigenvalue weighted by Gasteiger charge is -2.13. The minimum Gasteiger partial charge on any atom is -0.496 e. The third kappa shape index (κ3) is 3.53. The molecule has 1 heterocycles. The standard InChI is InChI=1S/C27H23BrN2O2/c1-3-30-24-7-5-4-6-21(24)22-15-19(10-12-25(22)30)29-27(31)16-23-20-11-9-18(28)14-17(20)8-13-26(23)32-2/h4-15H,3,16H2,1-2H3,(H,29,31). The van der Waals surface area contributed by atoms with E-state index in [1.54, 1.807) is 7.11 Å². The minimum absolute atomic E-state index is 0.0719. The van der Waals surface area contributed by atoms with Crippen molar-refractivity contribution in [1.82, 2.24) is 4.57 Å². The van der Waals surface area contributed by atoms with Crippen LogP contribution in [0.25, 0.3) is 32.6 Å². The number of benzene rings is 4. The maximum Gasteiger partial charge on any atom is 0.228 e. The fourth-order valence-electron chi connectivity index (χ4n) is 4.56. The van der Waals surface area contributed by atoms with Crippen molar-refractivity contribution in [2.75, 3.05) is 12.4 Å². The molecule has 32 heavy (non-hydrogen) atoms. The number of hydrogen-bond donors (Lipinski definition) is 1. The van der Waals surface area contributed by atoms with E-state index in [1.807, 2.05) is 36.4 Å². The predicted molar refractivity (Wildman–Crippen MR) is 136 cm³/mol. The number of rotatable bonds is 5. The van der Waals surface area contributed by atoms with Crippen LogP contribution < -0.4 is 10.1 Å². The van der Waals surface area contributed by atoms with Gasteiger partial charge in [0.2, 0.25) is 5.91 Å². The molecule has 1 N–H and O–H groups in total. The molecule has 0 spiro atoms. The van der Waals surface area contributed by atoms with Gasteiger partial charge in [-0.1, -0.05) is 46.3 Å². The lowest BCUT2D eigenvalue weighted by atomic mass is 10.0. The number of carbonyl (C=O) groups excluding carboxylic acids is 1. The molecule has 0 saturated carbocycles. The summed E-state index contributed by atoms with van der Waals surface area (Å²) in [5.41, 5.74) is 4.07. The monoisotopic (exact) mass is 486 g/mol. The van der Waals surface area contributed by atoms with Crippen LogP contribution in [0.1, 0.15) is 12.5 Å². The van der Waals surface area contributed by atoms with Gasteiger partial charge in [0.25, 0.3) is 0 Å². The molecule has 1 aromatic heterocycles. The average Bonchev–Trinajstić information content (AvgIpc) is 3.12. The van der Waals surface area contributed by atoms with Crippen molar-refractivity contribution in [3.05, 3.63) is 82.8 Å². The van der Waals surface area contributed by atoms with Gasteiger partial charge >= 0.3 is 0 Å². The highest BCUT2D eigenvalue weighted by molar-refractivity contribution is 9.10. The quantitative estimate of drug-likeness (QED) is 0.293. The highest BCUT2D eigenvalue weighted by Gasteiger charge is 2.15. The number of fused-ring (bicyclic) bond motifs is 4. The molecule has 5 heteroatoms. The molecular formula is C27H23BrN2O2. The summed E-state index contributed by atoms with van der Waals surface area (Å²) < 4.78 is 8.87. The van der Waals surface area contributed by atoms with Crippen LogP contribution in [-0.2, 0) is 17.8 Å². The van der Waals surface area contributed by atoms with Crippen molar-refractivity contribution in [3.63, 3.8) is 0 Å². The molecule has 0 bridgehead atoms. The number of nitrogens with one attached hydrogen (secondary N) is 1. The molecule has 4 nitrogen and oxygen atoms in total. The second kappa shape index (κ2) is 8.32. The van der Waals surface area contributed by atoms with Crippen LogP contribution in [0.3, 0.4) is 0 Å². The Morgan fingerprint density at radius 1 is 0.938 bits per heavy atom. The number of ether oxygens (including phenoxy) is 1. The zero-order chi connectivity index (χ0) is 22.2. The molecule has 4 aromatic carbocycles. The molecule has 0 atom stereocenters. The maximum absolute atomic E-state index is 13.0. The highest BCUT2D eigenvalue weighted by atomic mass is 79.9. The zero-order valence-electron chi connectivity index (χ0n) is 18.0. The van der Waals surface area contributed by atoms with Crippen molar-refractivity contribution in [2.45, 2.75) is 19.9 Å². The Kier molecular flexibility index (Phi) is 5.35. The van der Waals surface area contributed by atoms with Crippen molar-refractivity contribution >= 4 is 60.1 Å². The lowest BCUT2D eigenvalue weighted by Crippen LogP contribution is -2.15. The molecule has 5 aromatic rings. The molecule has 0 aliphatic rings. The van der Waals surface area contributed by atoms with E-state index in [-0.39, 0.29) is 12.3 Å². The van der Waals surface area contributed by atoms with E-state index in [0.29, 0.717) is 0 Å². The number of anilines is 1. The molecule has 0 fully saturated rings. The Bertz CT molecular complexity index is 1490. The smallest absolute Gasteiger partial charge is 0.228 e. The van der Waals surface area contributed by atoms with Crippen LogP contribution in [0.5, 0.6) is 5.75 Å². The zero-order valence-corrected chi connectivity index (χ0v) is 19.6. The molecule has 0 saturated heterocycles. The lowest BCUT2D eigenvalue weighted by molar-refractivity contribution is -0.115. The maximum atomic E-state index is 13.0. The van der Waals surface area contributed by atoms with Crippen LogP contribution in [0.2, 0.25) is 0 Å². The van der Waals surface area contributed by atoms with E-state index < -0.39 is 0 Å². The number of hydrogen-bond acceptors (Lipinski definition) is 2. The number of aromatic nitrogens is 1. The van der Waals surface area contributed by atoms with Crippen molar-refractivity contribution in [3.8, 4) is 5.75 Å². The van der Waals surface area contributed by atoms with Crippen molar-refractivity contribution in [2.24, 2.45) is 0 Å². The number of amides is 1. The molecule has 160 valence electrons. The third-order valence-corrected chi connectivity index (χ3v) is 6.47. The normalized spacial score (nSPS) is 11.3. The Morgan fingerprint density at radius 2 is 1.75 bits per heavy atom. The van der Waals surface area contributed by atoms with Gasteiger partial charge in [0.1, 0.15) is 5.75 Å². The predicted octanol–water partition coefficient (Wildman–Crippen LogP) is 6.92. The molecule has 0 aliphatic carbocycles. The van der Waals surface area contributed by atoms with Gasteiger partial charge in [-0.15, -0.1) is 0 Å². The number of nitrogens with zero attached hydrogens (tertiary/aromatic N) is 1. The Balaban J connectivity index is 1.49. The number of aryl methyl sites for hydroxylation is 1. The fraction of sp³-hybridized carbons (Fsp3) is 0.148. The Labute approximate surface area is 194 Å². The first-order valence-electron chi connectivity index (χ1n) is 10.6. The third-order valence-electron chi connectivity index (χ3n) is 5.98. The number of carbonyl (C=O) groups is 1. The summed E-state index contributed by atoms with van der Waals surface area (Å²) in [6, 6.07) is 24.5. The average molecular weight is 487 g/mol. The van der Waals surface area contributed by atoms with Gasteiger partial charge in [0, 0.05) is 44.1 Å². The van der Waals surface area contributed by atoms with Crippen LogP contribution >= 0.6 is 15.9 Å². The van der Waals surface area contributed by atoms with E-state index in [0.717, 1.165) is 44.2 Å². The van der Waals surface area contributed by atoms with Gasteiger partial charge in [-0.05, 0) is 60.2 Å². The molecule has 0 radical (unpaired) electrons. The Morgan fingerprint density at radius 3 is 2.56 bits per heavy atom. The van der Waals surface area contributed by atoms with Gasteiger partial charge in [0.15, 0.2) is 0 Å². The highest BCUT2D eigenvalue weighted by Crippen LogP contribution is 2.32. The molecule has 0 aliphatic heterocycles. The fourth-order valence-corrected chi connectivity index (χ4v) is 4.94. The van der Waals surface area contributed by atoms with E-state index in [9.17, 15) is 4.79 Å². The molecule has 0 unspecified atom stereocenters. The van der Waals surface area contributed by atoms with Gasteiger partial charge in [-0.3, -0.25) is 4.79 Å². The molecular weight excluding hydrogens is 464 g/mol. The van der Waals surface area contributed by atoms with Gasteiger partial charge in [-0.25, -0.2) is 0 Å². The first kappa shape index (κ1) is 20.6. The van der Waals surface area contributed by atoms with Crippen LogP contribution in [0.4, 0.5) is 5.69 Å². The minimum atomic E-state index is -0.0719. The summed E-state index contributed by atoms with van der Waals surface area (Å²) in [5.74, 6) is 0.647. The van der Waals surface area contributed by atoms with E-state index in [1.165, 1.54) is 16.4 Å². The number of halogens is 1. The first-order chi connectivity index (χ1) is 15.6. The van der Waals surface area contributed by atoms with E-state index in [2.05, 4.69) is 69.1 Å². The van der Waals surface area contributed by atoms with Crippen molar-refractivity contribution < 1.29 is 9.53 Å². The van der Waals surface area contributed by atoms with Crippen molar-refractivity contribution in [1.29, 1.82) is 0 Å². The molecule has 5 rings (SSSR count). The molecule has 1 amide bonds. The largest absolute Gasteiger partial charge is 0.496 e. The van der Waals surface area contributed by atoms with Crippen LogP contribution in [0, 0.1) is 0 Å². The summed E-state index contributed by atoms with van der Waals surface area (Å²) >= 11 is 3.52. The second-order valence-corrected chi connectivity index (χ2v) is 8.75. The topological polar surface area (TPSA) is 43.3 Å². The van der Waals surface area contributed by atoms with Gasteiger partial charge < -0.3 is 14.6 Å². The van der Waals surface area contributed by atoms with Gasteiger partial charge in [-0.2, -0.15) is 0 Å².